The lowest BCUT2D eigenvalue weighted by Gasteiger charge is -2.47. The summed E-state index contributed by atoms with van der Waals surface area (Å²) >= 11 is 0. The first kappa shape index (κ1) is 33.6. The van der Waals surface area contributed by atoms with Crippen LogP contribution in [0.4, 0.5) is 19.0 Å². The highest BCUT2D eigenvalue weighted by Gasteiger charge is 2.41. The minimum atomic E-state index is -4.64. The molecule has 0 spiro atoms. The number of anilines is 1. The molecule has 1 unspecified atom stereocenters. The van der Waals surface area contributed by atoms with Gasteiger partial charge in [0.05, 0.1) is 41.3 Å². The molecule has 2 aliphatic rings. The fourth-order valence-electron chi connectivity index (χ4n) is 6.81. The van der Waals surface area contributed by atoms with E-state index in [1.165, 1.54) is 18.5 Å². The third kappa shape index (κ3) is 7.09. The Balaban J connectivity index is 1.22. The largest absolute Gasteiger partial charge is 0.492 e. The Morgan fingerprint density at radius 1 is 1.04 bits per heavy atom. The molecule has 0 aliphatic carbocycles. The highest BCUT2D eigenvalue weighted by molar-refractivity contribution is 5.85. The molecule has 14 heteroatoms. The molecule has 1 atom stereocenters. The normalized spacial score (nSPS) is 18.1. The van der Waals surface area contributed by atoms with Gasteiger partial charge in [0.1, 0.15) is 23.9 Å². The van der Waals surface area contributed by atoms with Crippen LogP contribution in [0.2, 0.25) is 0 Å². The minimum Gasteiger partial charge on any atom is -0.492 e. The van der Waals surface area contributed by atoms with E-state index in [1.807, 2.05) is 25.1 Å². The van der Waals surface area contributed by atoms with Crippen molar-refractivity contribution >= 4 is 11.3 Å². The molecule has 2 aliphatic heterocycles. The molecule has 254 valence electrons. The number of hydrogen-bond acceptors (Lipinski definition) is 10. The molecule has 4 aromatic heterocycles. The number of piperazine rings is 1. The lowest BCUT2D eigenvalue weighted by atomic mass is 9.85. The first-order valence-electron chi connectivity index (χ1n) is 16.3. The van der Waals surface area contributed by atoms with Crippen molar-refractivity contribution in [2.75, 3.05) is 63.9 Å². The molecule has 2 N–H and O–H groups in total. The third-order valence-corrected chi connectivity index (χ3v) is 9.41. The number of nitriles is 1. The van der Waals surface area contributed by atoms with E-state index in [9.17, 15) is 23.5 Å². The van der Waals surface area contributed by atoms with Crippen molar-refractivity contribution in [3.63, 3.8) is 0 Å². The van der Waals surface area contributed by atoms with Crippen LogP contribution >= 0.6 is 0 Å². The van der Waals surface area contributed by atoms with Gasteiger partial charge >= 0.3 is 6.18 Å². The van der Waals surface area contributed by atoms with Gasteiger partial charge in [-0.25, -0.2) is 9.50 Å². The van der Waals surface area contributed by atoms with Crippen LogP contribution in [0.5, 0.6) is 5.75 Å². The highest BCUT2D eigenvalue weighted by atomic mass is 19.4. The summed E-state index contributed by atoms with van der Waals surface area (Å²) in [6.45, 7) is 10.8. The number of likely N-dealkylation sites (N-methyl/N-ethyl adjacent to an activating group) is 1. The van der Waals surface area contributed by atoms with E-state index in [2.05, 4.69) is 43.1 Å². The smallest absolute Gasteiger partial charge is 0.418 e. The van der Waals surface area contributed by atoms with E-state index >= 15 is 0 Å². The summed E-state index contributed by atoms with van der Waals surface area (Å²) in [6.07, 6.45) is 1.25. The second kappa shape index (κ2) is 14.1. The Kier molecular flexibility index (Phi) is 9.84. The van der Waals surface area contributed by atoms with Gasteiger partial charge in [-0.3, -0.25) is 15.2 Å². The molecule has 0 radical (unpaired) electrons. The van der Waals surface area contributed by atoms with Crippen molar-refractivity contribution in [2.45, 2.75) is 44.6 Å². The second-order valence-electron chi connectivity index (χ2n) is 12.3. The van der Waals surface area contributed by atoms with Crippen LogP contribution in [0.25, 0.3) is 16.6 Å². The summed E-state index contributed by atoms with van der Waals surface area (Å²) in [5.41, 5.74) is 0.695. The summed E-state index contributed by atoms with van der Waals surface area (Å²) in [6, 6.07) is 10.2. The molecule has 0 saturated carbocycles. The minimum absolute atomic E-state index is 0.417. The second-order valence-corrected chi connectivity index (χ2v) is 12.3. The Morgan fingerprint density at radius 2 is 1.79 bits per heavy atom. The maximum atomic E-state index is 13.8. The Labute approximate surface area is 277 Å². The van der Waals surface area contributed by atoms with Crippen molar-refractivity contribution in [3.8, 4) is 22.9 Å². The number of rotatable bonds is 10. The molecule has 4 aromatic rings. The first-order valence-corrected chi connectivity index (χ1v) is 16.3. The number of hydrogen-bond donors (Lipinski definition) is 2. The summed E-state index contributed by atoms with van der Waals surface area (Å²) in [5.74, 6) is 1.39. The van der Waals surface area contributed by atoms with Gasteiger partial charge in [-0.1, -0.05) is 6.92 Å². The summed E-state index contributed by atoms with van der Waals surface area (Å²) in [5, 5.41) is 28.4. The molecule has 11 nitrogen and oxygen atoms in total. The van der Waals surface area contributed by atoms with Gasteiger partial charge in [-0.05, 0) is 56.6 Å². The summed E-state index contributed by atoms with van der Waals surface area (Å²) < 4.78 is 48.9. The number of aromatic nitrogens is 4. The van der Waals surface area contributed by atoms with Gasteiger partial charge < -0.3 is 19.6 Å². The van der Waals surface area contributed by atoms with Crippen molar-refractivity contribution < 1.29 is 23.0 Å². The lowest BCUT2D eigenvalue weighted by Crippen LogP contribution is -2.62. The Bertz CT molecular complexity index is 1740. The number of aliphatic hydroxyl groups excluding tert-OH is 1. The Morgan fingerprint density at radius 3 is 2.44 bits per heavy atom. The lowest BCUT2D eigenvalue weighted by molar-refractivity contribution is -0.140. The van der Waals surface area contributed by atoms with E-state index in [4.69, 9.17) is 9.72 Å². The van der Waals surface area contributed by atoms with E-state index < -0.39 is 29.2 Å². The number of fused-ring (bicyclic) bond motifs is 1. The van der Waals surface area contributed by atoms with Crippen LogP contribution in [-0.4, -0.2) is 99.0 Å². The number of pyridine rings is 3. The zero-order valence-corrected chi connectivity index (χ0v) is 27.1. The number of halogens is 3. The first-order chi connectivity index (χ1) is 23.1. The molecular weight excluding hydrogens is 623 g/mol. The predicted molar refractivity (Wildman–Crippen MR) is 174 cm³/mol. The monoisotopic (exact) mass is 663 g/mol. The molecule has 2 fully saturated rings. The molecular formula is C34H40F3N9O2. The quantitative estimate of drug-likeness (QED) is 0.238. The topological polar surface area (TPSA) is 118 Å². The zero-order chi connectivity index (χ0) is 33.9. The van der Waals surface area contributed by atoms with Gasteiger partial charge in [-0.15, -0.1) is 0 Å². The van der Waals surface area contributed by atoms with Crippen LogP contribution in [0.3, 0.4) is 0 Å². The van der Waals surface area contributed by atoms with Gasteiger partial charge in [-0.2, -0.15) is 23.5 Å². The van der Waals surface area contributed by atoms with Crippen LogP contribution in [0, 0.1) is 11.3 Å². The number of piperidine rings is 1. The maximum absolute atomic E-state index is 13.8. The van der Waals surface area contributed by atoms with E-state index in [0.29, 0.717) is 55.9 Å². The molecule has 6 rings (SSSR count). The molecule has 0 amide bonds. The molecule has 0 aromatic carbocycles. The van der Waals surface area contributed by atoms with Crippen molar-refractivity contribution in [1.29, 1.82) is 5.26 Å². The van der Waals surface area contributed by atoms with Gasteiger partial charge in [0.15, 0.2) is 0 Å². The van der Waals surface area contributed by atoms with Crippen molar-refractivity contribution in [2.24, 2.45) is 0 Å². The number of alkyl halides is 3. The third-order valence-electron chi connectivity index (χ3n) is 9.41. The highest BCUT2D eigenvalue weighted by Crippen LogP contribution is 2.36. The standard InChI is InChI=1S/C34H40F3N9O2/c1-3-43-14-16-44(17-15-43)23-33(42-32(47)30-28(34(35,36)37)6-5-11-39-30)9-12-45(13-10-33)29-8-7-24(20-40-29)27-18-26(48-4-2)22-46-31(27)25(19-38)21-41-46/h5-8,11,18,20-22,32,42,47H,3-4,9-10,12-17,23H2,1-2H3. The average molecular weight is 664 g/mol. The van der Waals surface area contributed by atoms with E-state index in [0.717, 1.165) is 55.7 Å². The average Bonchev–Trinajstić information content (AvgIpc) is 3.52. The SMILES string of the molecule is CCOc1cc(-c2ccc(N3CCC(CN4CCN(CC)CC4)(NC(O)c4ncccc4C(F)(F)F)CC3)nc2)c2c(C#N)cnn2c1. The Hall–Kier alpha value is -4.29. The van der Waals surface area contributed by atoms with Crippen LogP contribution < -0.4 is 15.0 Å². The van der Waals surface area contributed by atoms with Gasteiger partial charge in [0.25, 0.3) is 0 Å². The van der Waals surface area contributed by atoms with E-state index in [-0.39, 0.29) is 0 Å². The van der Waals surface area contributed by atoms with Gasteiger partial charge in [0, 0.05) is 74.9 Å². The van der Waals surface area contributed by atoms with Crippen LogP contribution in [0.15, 0.2) is 55.1 Å². The number of ether oxygens (including phenoxy) is 1. The molecule has 48 heavy (non-hydrogen) atoms. The fourth-order valence-corrected chi connectivity index (χ4v) is 6.81. The van der Waals surface area contributed by atoms with Crippen molar-refractivity contribution in [3.05, 3.63) is 71.9 Å². The fraction of sp³-hybridized carbons (Fsp3) is 0.471. The van der Waals surface area contributed by atoms with Crippen LogP contribution in [-0.2, 0) is 6.18 Å². The van der Waals surface area contributed by atoms with Crippen molar-refractivity contribution in [1.82, 2.24) is 34.7 Å². The summed E-state index contributed by atoms with van der Waals surface area (Å²) in [4.78, 5) is 15.6. The molecule has 6 heterocycles. The number of nitrogens with one attached hydrogen (secondary N) is 1. The maximum Gasteiger partial charge on any atom is 0.418 e. The van der Waals surface area contributed by atoms with E-state index in [1.54, 1.807) is 16.9 Å². The number of nitrogens with zero attached hydrogens (tertiary/aromatic N) is 8. The number of aliphatic hydroxyl groups is 1. The van der Waals surface area contributed by atoms with Gasteiger partial charge in [0.2, 0.25) is 0 Å². The molecule has 2 saturated heterocycles. The molecule has 0 bridgehead atoms. The summed E-state index contributed by atoms with van der Waals surface area (Å²) in [7, 11) is 0. The predicted octanol–water partition coefficient (Wildman–Crippen LogP) is 4.34. The van der Waals surface area contributed by atoms with Crippen LogP contribution in [0.1, 0.15) is 49.7 Å². The zero-order valence-electron chi connectivity index (χ0n) is 27.1.